The van der Waals surface area contributed by atoms with Gasteiger partial charge in [-0.3, -0.25) is 4.79 Å². The molecule has 0 aromatic heterocycles. The summed E-state index contributed by atoms with van der Waals surface area (Å²) in [5.74, 6) is 0.495. The van der Waals surface area contributed by atoms with Gasteiger partial charge in [-0.05, 0) is 39.0 Å². The minimum Gasteiger partial charge on any atom is -0.394 e. The summed E-state index contributed by atoms with van der Waals surface area (Å²) < 4.78 is 5.46. The van der Waals surface area contributed by atoms with E-state index in [1.807, 2.05) is 20.8 Å². The Hall–Kier alpha value is -0.610. The van der Waals surface area contributed by atoms with Gasteiger partial charge in [-0.25, -0.2) is 0 Å². The Kier molecular flexibility index (Phi) is 5.40. The molecule has 0 spiro atoms. The largest absolute Gasteiger partial charge is 0.394 e. The number of hydrogen-bond donors (Lipinski definition) is 2. The molecule has 0 aliphatic heterocycles. The summed E-state index contributed by atoms with van der Waals surface area (Å²) in [6.45, 7) is 6.57. The highest BCUT2D eigenvalue weighted by molar-refractivity contribution is 5.77. The molecular weight excluding hydrogens is 218 g/mol. The van der Waals surface area contributed by atoms with Gasteiger partial charge in [0.15, 0.2) is 0 Å². The minimum absolute atomic E-state index is 0.0124. The van der Waals surface area contributed by atoms with Crippen LogP contribution in [0.5, 0.6) is 0 Å². The van der Waals surface area contributed by atoms with Gasteiger partial charge in [0.1, 0.15) is 0 Å². The number of aliphatic hydroxyl groups excluding tert-OH is 1. The van der Waals surface area contributed by atoms with Crippen molar-refractivity contribution >= 4 is 5.91 Å². The second kappa shape index (κ2) is 6.36. The number of amides is 1. The normalized spacial score (nSPS) is 27.1. The van der Waals surface area contributed by atoms with Crippen molar-refractivity contribution in [2.45, 2.75) is 58.1 Å². The Labute approximate surface area is 104 Å². The zero-order valence-electron chi connectivity index (χ0n) is 11.2. The van der Waals surface area contributed by atoms with Crippen LogP contribution in [-0.2, 0) is 9.53 Å². The number of carbonyl (C=O) groups excluding carboxylic acids is 1. The molecule has 17 heavy (non-hydrogen) atoms. The molecule has 1 aliphatic rings. The highest BCUT2D eigenvalue weighted by atomic mass is 16.5. The standard InChI is InChI=1S/C13H25NO3/c1-4-13(3,9-15)14-12(16)8-10-6-11(7-10)17-5-2/h10-11,15H,4-9H2,1-3H3,(H,14,16). The average molecular weight is 243 g/mol. The fourth-order valence-corrected chi connectivity index (χ4v) is 2.10. The lowest BCUT2D eigenvalue weighted by Crippen LogP contribution is -2.49. The molecule has 1 unspecified atom stereocenters. The summed E-state index contributed by atoms with van der Waals surface area (Å²) in [6, 6.07) is 0. The first-order valence-electron chi connectivity index (χ1n) is 6.56. The third-order valence-corrected chi connectivity index (χ3v) is 3.64. The molecular formula is C13H25NO3. The van der Waals surface area contributed by atoms with Crippen LogP contribution in [-0.4, -0.2) is 35.9 Å². The summed E-state index contributed by atoms with van der Waals surface area (Å²) >= 11 is 0. The minimum atomic E-state index is -0.472. The highest BCUT2D eigenvalue weighted by Crippen LogP contribution is 2.32. The van der Waals surface area contributed by atoms with Gasteiger partial charge < -0.3 is 15.2 Å². The third-order valence-electron chi connectivity index (χ3n) is 3.64. The molecule has 4 heteroatoms. The molecule has 2 N–H and O–H groups in total. The van der Waals surface area contributed by atoms with Gasteiger partial charge in [-0.2, -0.15) is 0 Å². The van der Waals surface area contributed by atoms with Crippen LogP contribution >= 0.6 is 0 Å². The topological polar surface area (TPSA) is 58.6 Å². The number of ether oxygens (including phenoxy) is 1. The molecule has 1 atom stereocenters. The van der Waals surface area contributed by atoms with E-state index in [0.717, 1.165) is 25.9 Å². The van der Waals surface area contributed by atoms with Crippen molar-refractivity contribution in [1.82, 2.24) is 5.32 Å². The van der Waals surface area contributed by atoms with Crippen molar-refractivity contribution in [3.8, 4) is 0 Å². The molecule has 1 aliphatic carbocycles. The van der Waals surface area contributed by atoms with E-state index < -0.39 is 5.54 Å². The number of rotatable bonds is 7. The number of aliphatic hydroxyl groups is 1. The van der Waals surface area contributed by atoms with Crippen LogP contribution in [0.1, 0.15) is 46.5 Å². The Balaban J connectivity index is 2.23. The van der Waals surface area contributed by atoms with Crippen molar-refractivity contribution in [2.75, 3.05) is 13.2 Å². The molecule has 0 bridgehead atoms. The van der Waals surface area contributed by atoms with Gasteiger partial charge in [0.05, 0.1) is 18.2 Å². The van der Waals surface area contributed by atoms with Gasteiger partial charge in [-0.1, -0.05) is 6.92 Å². The maximum Gasteiger partial charge on any atom is 0.220 e. The second-order valence-corrected chi connectivity index (χ2v) is 5.24. The first-order valence-corrected chi connectivity index (χ1v) is 6.56. The summed E-state index contributed by atoms with van der Waals surface area (Å²) in [7, 11) is 0. The summed E-state index contributed by atoms with van der Waals surface area (Å²) in [4.78, 5) is 11.8. The van der Waals surface area contributed by atoms with E-state index in [-0.39, 0.29) is 12.5 Å². The van der Waals surface area contributed by atoms with Crippen LogP contribution in [0, 0.1) is 5.92 Å². The van der Waals surface area contributed by atoms with Gasteiger partial charge >= 0.3 is 0 Å². The second-order valence-electron chi connectivity index (χ2n) is 5.24. The predicted molar refractivity (Wildman–Crippen MR) is 66.7 cm³/mol. The van der Waals surface area contributed by atoms with Crippen LogP contribution in [0.4, 0.5) is 0 Å². The zero-order valence-corrected chi connectivity index (χ0v) is 11.2. The smallest absolute Gasteiger partial charge is 0.220 e. The fraction of sp³-hybridized carbons (Fsp3) is 0.923. The van der Waals surface area contributed by atoms with Crippen molar-refractivity contribution in [1.29, 1.82) is 0 Å². The molecule has 0 saturated heterocycles. The molecule has 100 valence electrons. The first kappa shape index (κ1) is 14.5. The van der Waals surface area contributed by atoms with E-state index in [1.165, 1.54) is 0 Å². The van der Waals surface area contributed by atoms with E-state index in [2.05, 4.69) is 5.32 Å². The van der Waals surface area contributed by atoms with Crippen molar-refractivity contribution in [3.05, 3.63) is 0 Å². The van der Waals surface area contributed by atoms with Crippen molar-refractivity contribution < 1.29 is 14.6 Å². The molecule has 1 fully saturated rings. The summed E-state index contributed by atoms with van der Waals surface area (Å²) in [6.07, 6.45) is 3.63. The number of hydrogen-bond acceptors (Lipinski definition) is 3. The Morgan fingerprint density at radius 3 is 2.59 bits per heavy atom. The number of carbonyl (C=O) groups is 1. The molecule has 0 heterocycles. The summed E-state index contributed by atoms with van der Waals surface area (Å²) in [5, 5.41) is 12.1. The monoisotopic (exact) mass is 243 g/mol. The fourth-order valence-electron chi connectivity index (χ4n) is 2.10. The van der Waals surface area contributed by atoms with Crippen molar-refractivity contribution in [3.63, 3.8) is 0 Å². The van der Waals surface area contributed by atoms with Gasteiger partial charge in [-0.15, -0.1) is 0 Å². The predicted octanol–water partition coefficient (Wildman–Crippen LogP) is 1.47. The molecule has 0 aromatic carbocycles. The quantitative estimate of drug-likeness (QED) is 0.712. The lowest BCUT2D eigenvalue weighted by Gasteiger charge is -2.35. The molecule has 1 rings (SSSR count). The molecule has 0 radical (unpaired) electrons. The van der Waals surface area contributed by atoms with E-state index >= 15 is 0 Å². The molecule has 0 aromatic rings. The zero-order chi connectivity index (χ0) is 12.9. The molecule has 1 amide bonds. The lowest BCUT2D eigenvalue weighted by atomic mass is 9.79. The Bertz CT molecular complexity index is 245. The highest BCUT2D eigenvalue weighted by Gasteiger charge is 2.32. The van der Waals surface area contributed by atoms with Crippen LogP contribution in [0.3, 0.4) is 0 Å². The Morgan fingerprint density at radius 1 is 1.47 bits per heavy atom. The molecule has 4 nitrogen and oxygen atoms in total. The van der Waals surface area contributed by atoms with Crippen LogP contribution in [0.15, 0.2) is 0 Å². The van der Waals surface area contributed by atoms with E-state index in [9.17, 15) is 9.90 Å². The van der Waals surface area contributed by atoms with Gasteiger partial charge in [0.25, 0.3) is 0 Å². The lowest BCUT2D eigenvalue weighted by molar-refractivity contribution is -0.126. The van der Waals surface area contributed by atoms with E-state index in [1.54, 1.807) is 0 Å². The van der Waals surface area contributed by atoms with Crippen molar-refractivity contribution in [2.24, 2.45) is 5.92 Å². The van der Waals surface area contributed by atoms with E-state index in [4.69, 9.17) is 4.74 Å². The SMILES string of the molecule is CCOC1CC(CC(=O)NC(C)(CC)CO)C1. The van der Waals surface area contributed by atoms with Crippen LogP contribution < -0.4 is 5.32 Å². The van der Waals surface area contributed by atoms with Gasteiger partial charge in [0, 0.05) is 13.0 Å². The van der Waals surface area contributed by atoms with E-state index in [0.29, 0.717) is 18.4 Å². The first-order chi connectivity index (χ1) is 8.03. The average Bonchev–Trinajstić information content (AvgIpc) is 2.26. The molecule has 1 saturated carbocycles. The van der Waals surface area contributed by atoms with Gasteiger partial charge in [0.2, 0.25) is 5.91 Å². The maximum absolute atomic E-state index is 11.8. The maximum atomic E-state index is 11.8. The number of nitrogens with one attached hydrogen (secondary N) is 1. The third kappa shape index (κ3) is 4.28. The van der Waals surface area contributed by atoms with Crippen LogP contribution in [0.25, 0.3) is 0 Å². The van der Waals surface area contributed by atoms with Crippen LogP contribution in [0.2, 0.25) is 0 Å². The Morgan fingerprint density at radius 2 is 2.12 bits per heavy atom. The summed E-state index contributed by atoms with van der Waals surface area (Å²) in [5.41, 5.74) is -0.472.